The summed E-state index contributed by atoms with van der Waals surface area (Å²) in [5.41, 5.74) is 3.40. The zero-order valence-corrected chi connectivity index (χ0v) is 8.96. The molecule has 0 amide bonds. The Hall–Kier alpha value is -1.37. The maximum atomic E-state index is 4.57. The summed E-state index contributed by atoms with van der Waals surface area (Å²) in [6.07, 6.45) is 1.90. The second-order valence-corrected chi connectivity index (χ2v) is 3.50. The molecule has 0 heterocycles. The fourth-order valence-electron chi connectivity index (χ4n) is 1.28. The van der Waals surface area contributed by atoms with Crippen molar-refractivity contribution in [1.82, 2.24) is 0 Å². The van der Waals surface area contributed by atoms with E-state index in [4.69, 9.17) is 0 Å². The summed E-state index contributed by atoms with van der Waals surface area (Å²) in [5, 5.41) is 0. The summed E-state index contributed by atoms with van der Waals surface area (Å²) >= 11 is 0. The Balaban J connectivity index is 2.78. The molecule has 1 aromatic carbocycles. The minimum absolute atomic E-state index is 0.908. The molecule has 0 saturated heterocycles. The van der Waals surface area contributed by atoms with Crippen LogP contribution in [0.4, 0.5) is 5.69 Å². The highest BCUT2D eigenvalue weighted by atomic mass is 14.7. The van der Waals surface area contributed by atoms with Gasteiger partial charge in [0.2, 0.25) is 0 Å². The Labute approximate surface area is 86.2 Å². The van der Waals surface area contributed by atoms with Gasteiger partial charge in [0.1, 0.15) is 0 Å². The van der Waals surface area contributed by atoms with Crippen LogP contribution in [-0.4, -0.2) is 5.71 Å². The van der Waals surface area contributed by atoms with E-state index in [-0.39, 0.29) is 0 Å². The van der Waals surface area contributed by atoms with Crippen molar-refractivity contribution in [3.8, 4) is 0 Å². The third-order valence-electron chi connectivity index (χ3n) is 1.96. The number of hydrogen-bond acceptors (Lipinski definition) is 1. The molecule has 0 N–H and O–H groups in total. The van der Waals surface area contributed by atoms with Gasteiger partial charge in [0.15, 0.2) is 0 Å². The van der Waals surface area contributed by atoms with Crippen LogP contribution in [0.15, 0.2) is 47.5 Å². The molecular weight excluding hydrogens is 170 g/mol. The predicted octanol–water partition coefficient (Wildman–Crippen LogP) is 4.14. The first-order chi connectivity index (χ1) is 6.72. The summed E-state index contributed by atoms with van der Waals surface area (Å²) < 4.78 is 0. The first-order valence-electron chi connectivity index (χ1n) is 4.98. The standard InChI is InChI=1S/C13H17N/c1-4-12(10-11(2)3)14-13-8-6-5-7-9-13/h5-9H,2,4,10H2,1,3H3. The minimum atomic E-state index is 0.908. The maximum absolute atomic E-state index is 4.57. The molecule has 0 aliphatic heterocycles. The highest BCUT2D eigenvalue weighted by molar-refractivity contribution is 5.88. The van der Waals surface area contributed by atoms with E-state index >= 15 is 0 Å². The largest absolute Gasteiger partial charge is 0.258 e. The summed E-state index contributed by atoms with van der Waals surface area (Å²) in [6.45, 7) is 8.07. The summed E-state index contributed by atoms with van der Waals surface area (Å²) in [7, 11) is 0. The van der Waals surface area contributed by atoms with Gasteiger partial charge in [-0.15, -0.1) is 0 Å². The van der Waals surface area contributed by atoms with Gasteiger partial charge < -0.3 is 0 Å². The lowest BCUT2D eigenvalue weighted by Crippen LogP contribution is -1.95. The van der Waals surface area contributed by atoms with E-state index in [1.54, 1.807) is 0 Å². The van der Waals surface area contributed by atoms with Crippen molar-refractivity contribution in [3.63, 3.8) is 0 Å². The summed E-state index contributed by atoms with van der Waals surface area (Å²) in [6, 6.07) is 10.1. The molecule has 0 fully saturated rings. The van der Waals surface area contributed by atoms with Crippen molar-refractivity contribution in [1.29, 1.82) is 0 Å². The van der Waals surface area contributed by atoms with Gasteiger partial charge in [-0.1, -0.05) is 37.3 Å². The van der Waals surface area contributed by atoms with Gasteiger partial charge in [-0.25, -0.2) is 0 Å². The van der Waals surface area contributed by atoms with Crippen LogP contribution in [0, 0.1) is 0 Å². The molecule has 74 valence electrons. The van der Waals surface area contributed by atoms with Crippen LogP contribution >= 0.6 is 0 Å². The molecule has 0 spiro atoms. The van der Waals surface area contributed by atoms with E-state index in [0.717, 1.165) is 18.5 Å². The van der Waals surface area contributed by atoms with E-state index in [1.165, 1.54) is 11.3 Å². The molecule has 14 heavy (non-hydrogen) atoms. The average Bonchev–Trinajstić information content (AvgIpc) is 2.17. The minimum Gasteiger partial charge on any atom is -0.258 e. The van der Waals surface area contributed by atoms with Crippen molar-refractivity contribution in [2.45, 2.75) is 26.7 Å². The Morgan fingerprint density at radius 3 is 2.43 bits per heavy atom. The number of hydrogen-bond donors (Lipinski definition) is 0. The van der Waals surface area contributed by atoms with E-state index in [0.29, 0.717) is 0 Å². The first kappa shape index (κ1) is 10.7. The van der Waals surface area contributed by atoms with Gasteiger partial charge in [-0.2, -0.15) is 0 Å². The topological polar surface area (TPSA) is 12.4 Å². The molecule has 0 saturated carbocycles. The van der Waals surface area contributed by atoms with E-state index in [1.807, 2.05) is 37.3 Å². The molecular formula is C13H17N. The van der Waals surface area contributed by atoms with E-state index in [9.17, 15) is 0 Å². The van der Waals surface area contributed by atoms with Crippen molar-refractivity contribution in [2.75, 3.05) is 0 Å². The Kier molecular flexibility index (Phi) is 4.11. The number of para-hydroxylation sites is 1. The van der Waals surface area contributed by atoms with Crippen molar-refractivity contribution < 1.29 is 0 Å². The van der Waals surface area contributed by atoms with Crippen LogP contribution in [-0.2, 0) is 0 Å². The lowest BCUT2D eigenvalue weighted by molar-refractivity contribution is 1.16. The molecule has 0 radical (unpaired) electrons. The molecule has 0 aliphatic rings. The lowest BCUT2D eigenvalue weighted by atomic mass is 10.1. The summed E-state index contributed by atoms with van der Waals surface area (Å²) in [5.74, 6) is 0. The zero-order chi connectivity index (χ0) is 10.4. The molecule has 0 atom stereocenters. The quantitative estimate of drug-likeness (QED) is 0.496. The van der Waals surface area contributed by atoms with Crippen LogP contribution in [0.1, 0.15) is 26.7 Å². The highest BCUT2D eigenvalue weighted by Crippen LogP contribution is 2.13. The fourth-order valence-corrected chi connectivity index (χ4v) is 1.28. The third kappa shape index (κ3) is 3.56. The Bertz CT molecular complexity index is 322. The monoisotopic (exact) mass is 187 g/mol. The number of benzene rings is 1. The highest BCUT2D eigenvalue weighted by Gasteiger charge is 1.97. The van der Waals surface area contributed by atoms with Gasteiger partial charge in [-0.3, -0.25) is 4.99 Å². The molecule has 0 bridgehead atoms. The van der Waals surface area contributed by atoms with Crippen LogP contribution in [0.25, 0.3) is 0 Å². The third-order valence-corrected chi connectivity index (χ3v) is 1.96. The summed E-state index contributed by atoms with van der Waals surface area (Å²) in [4.78, 5) is 4.57. The Morgan fingerprint density at radius 2 is 1.93 bits per heavy atom. The van der Waals surface area contributed by atoms with Crippen molar-refractivity contribution in [3.05, 3.63) is 42.5 Å². The molecule has 0 unspecified atom stereocenters. The van der Waals surface area contributed by atoms with Gasteiger partial charge >= 0.3 is 0 Å². The van der Waals surface area contributed by atoms with Crippen molar-refractivity contribution >= 4 is 11.4 Å². The predicted molar refractivity (Wildman–Crippen MR) is 63.3 cm³/mol. The molecule has 0 aliphatic carbocycles. The number of rotatable bonds is 4. The number of nitrogens with zero attached hydrogens (tertiary/aromatic N) is 1. The van der Waals surface area contributed by atoms with Crippen LogP contribution in [0.2, 0.25) is 0 Å². The molecule has 1 aromatic rings. The van der Waals surface area contributed by atoms with Crippen molar-refractivity contribution in [2.24, 2.45) is 4.99 Å². The maximum Gasteiger partial charge on any atom is 0.0629 e. The molecule has 1 nitrogen and oxygen atoms in total. The SMILES string of the molecule is C=C(C)CC(CC)=Nc1ccccc1. The number of allylic oxidation sites excluding steroid dienone is 1. The van der Waals surface area contributed by atoms with Gasteiger partial charge in [0.05, 0.1) is 5.69 Å². The van der Waals surface area contributed by atoms with Crippen LogP contribution < -0.4 is 0 Å². The molecule has 1 rings (SSSR count). The molecule has 0 aromatic heterocycles. The average molecular weight is 187 g/mol. The first-order valence-corrected chi connectivity index (χ1v) is 4.98. The second kappa shape index (κ2) is 5.38. The lowest BCUT2D eigenvalue weighted by Gasteiger charge is -2.02. The smallest absolute Gasteiger partial charge is 0.0629 e. The normalized spacial score (nSPS) is 11.4. The number of aliphatic imine (C=N–C) groups is 1. The second-order valence-electron chi connectivity index (χ2n) is 3.50. The fraction of sp³-hybridized carbons (Fsp3) is 0.308. The van der Waals surface area contributed by atoms with Gasteiger partial charge in [0.25, 0.3) is 0 Å². The van der Waals surface area contributed by atoms with E-state index in [2.05, 4.69) is 18.5 Å². The van der Waals surface area contributed by atoms with Crippen LogP contribution in [0.3, 0.4) is 0 Å². The Morgan fingerprint density at radius 1 is 1.29 bits per heavy atom. The van der Waals surface area contributed by atoms with Gasteiger partial charge in [0, 0.05) is 12.1 Å². The molecule has 1 heteroatoms. The zero-order valence-electron chi connectivity index (χ0n) is 8.96. The van der Waals surface area contributed by atoms with Gasteiger partial charge in [-0.05, 0) is 25.5 Å². The van der Waals surface area contributed by atoms with E-state index < -0.39 is 0 Å². The van der Waals surface area contributed by atoms with Crippen LogP contribution in [0.5, 0.6) is 0 Å².